The molecule has 1 aromatic carbocycles. The number of carbonyl (C=O) groups is 1. The van der Waals surface area contributed by atoms with Crippen molar-refractivity contribution in [2.24, 2.45) is 0 Å². The van der Waals surface area contributed by atoms with Crippen LogP contribution in [0.15, 0.2) is 24.3 Å². The predicted molar refractivity (Wildman–Crippen MR) is 92.2 cm³/mol. The molecule has 0 unspecified atom stereocenters. The smallest absolute Gasteiger partial charge is 0.214 e. The number of carbonyl (C=O) groups excluding carboxylic acids is 1. The molecule has 5 nitrogen and oxygen atoms in total. The fraction of sp³-hybridized carbons (Fsp3) is 0.588. The zero-order valence-corrected chi connectivity index (χ0v) is 14.8. The highest BCUT2D eigenvalue weighted by Gasteiger charge is 2.27. The van der Waals surface area contributed by atoms with E-state index in [0.717, 1.165) is 12.0 Å². The Morgan fingerprint density at radius 3 is 2.26 bits per heavy atom. The first-order valence-electron chi connectivity index (χ1n) is 8.22. The lowest BCUT2D eigenvalue weighted by atomic mass is 10.1. The zero-order chi connectivity index (χ0) is 16.9. The summed E-state index contributed by atoms with van der Waals surface area (Å²) in [6, 6.07) is 7.57. The molecule has 1 aliphatic heterocycles. The average Bonchev–Trinajstić information content (AvgIpc) is 2.54. The van der Waals surface area contributed by atoms with Crippen LogP contribution < -0.4 is 0 Å². The fourth-order valence-corrected chi connectivity index (χ4v) is 4.29. The quantitative estimate of drug-likeness (QED) is 0.713. The molecule has 0 saturated carbocycles. The zero-order valence-electron chi connectivity index (χ0n) is 14.0. The second kappa shape index (κ2) is 8.04. The van der Waals surface area contributed by atoms with E-state index in [1.54, 1.807) is 4.31 Å². The van der Waals surface area contributed by atoms with Crippen LogP contribution in [0.4, 0.5) is 0 Å². The maximum Gasteiger partial charge on any atom is 0.214 e. The summed E-state index contributed by atoms with van der Waals surface area (Å²) in [5.41, 5.74) is 1.85. The van der Waals surface area contributed by atoms with Crippen LogP contribution in [0.25, 0.3) is 0 Å². The third-order valence-corrected chi connectivity index (χ3v) is 6.18. The van der Waals surface area contributed by atoms with E-state index in [0.29, 0.717) is 44.7 Å². The molecule has 0 spiro atoms. The number of hydrogen-bond donors (Lipinski definition) is 0. The van der Waals surface area contributed by atoms with Crippen LogP contribution in [-0.4, -0.2) is 61.9 Å². The lowest BCUT2D eigenvalue weighted by molar-refractivity contribution is 0.0901. The van der Waals surface area contributed by atoms with Gasteiger partial charge < -0.3 is 0 Å². The second-order valence-corrected chi connectivity index (χ2v) is 8.22. The molecular formula is C17H26N2O3S. The van der Waals surface area contributed by atoms with E-state index in [1.807, 2.05) is 43.0 Å². The van der Waals surface area contributed by atoms with Gasteiger partial charge in [-0.3, -0.25) is 9.69 Å². The van der Waals surface area contributed by atoms with E-state index in [9.17, 15) is 13.2 Å². The number of benzene rings is 1. The van der Waals surface area contributed by atoms with Crippen molar-refractivity contribution in [1.29, 1.82) is 0 Å². The van der Waals surface area contributed by atoms with Crippen molar-refractivity contribution in [2.75, 3.05) is 38.5 Å². The van der Waals surface area contributed by atoms with Gasteiger partial charge in [-0.15, -0.1) is 0 Å². The summed E-state index contributed by atoms with van der Waals surface area (Å²) in [6.45, 7) is 6.52. The Morgan fingerprint density at radius 1 is 1.09 bits per heavy atom. The van der Waals surface area contributed by atoms with E-state index in [4.69, 9.17) is 0 Å². The van der Waals surface area contributed by atoms with Crippen molar-refractivity contribution in [3.05, 3.63) is 35.4 Å². The van der Waals surface area contributed by atoms with Gasteiger partial charge in [-0.1, -0.05) is 43.2 Å². The summed E-state index contributed by atoms with van der Waals surface area (Å²) in [5.74, 6) is 0.318. The molecule has 0 amide bonds. The van der Waals surface area contributed by atoms with E-state index in [2.05, 4.69) is 0 Å². The van der Waals surface area contributed by atoms with Crippen molar-refractivity contribution >= 4 is 15.8 Å². The summed E-state index contributed by atoms with van der Waals surface area (Å²) in [7, 11) is -3.13. The monoisotopic (exact) mass is 338 g/mol. The minimum atomic E-state index is -3.13. The third-order valence-electron chi connectivity index (χ3n) is 4.22. The molecule has 0 N–H and O–H groups in total. The molecule has 23 heavy (non-hydrogen) atoms. The molecular weight excluding hydrogens is 312 g/mol. The molecule has 0 bridgehead atoms. The molecule has 1 fully saturated rings. The number of ketones is 1. The largest absolute Gasteiger partial charge is 0.293 e. The molecule has 1 aromatic rings. The number of rotatable bonds is 7. The van der Waals surface area contributed by atoms with Crippen LogP contribution in [0.1, 0.15) is 35.7 Å². The summed E-state index contributed by atoms with van der Waals surface area (Å²) >= 11 is 0. The van der Waals surface area contributed by atoms with Crippen molar-refractivity contribution < 1.29 is 13.2 Å². The van der Waals surface area contributed by atoms with Crippen LogP contribution in [0, 0.1) is 6.92 Å². The van der Waals surface area contributed by atoms with E-state index in [-0.39, 0.29) is 11.5 Å². The summed E-state index contributed by atoms with van der Waals surface area (Å²) in [5, 5.41) is 0. The number of piperazine rings is 1. The molecule has 0 aliphatic carbocycles. The van der Waals surface area contributed by atoms with Gasteiger partial charge in [0.05, 0.1) is 12.3 Å². The van der Waals surface area contributed by atoms with Crippen molar-refractivity contribution in [2.45, 2.75) is 26.7 Å². The Balaban J connectivity index is 1.85. The van der Waals surface area contributed by atoms with Gasteiger partial charge >= 0.3 is 0 Å². The van der Waals surface area contributed by atoms with Crippen LogP contribution >= 0.6 is 0 Å². The van der Waals surface area contributed by atoms with Gasteiger partial charge in [0, 0.05) is 31.7 Å². The summed E-state index contributed by atoms with van der Waals surface area (Å²) in [4.78, 5) is 14.3. The van der Waals surface area contributed by atoms with Gasteiger partial charge in [-0.25, -0.2) is 8.42 Å². The predicted octanol–water partition coefficient (Wildman–Crippen LogP) is 1.93. The molecule has 0 radical (unpaired) electrons. The molecule has 1 heterocycles. The second-order valence-electron chi connectivity index (χ2n) is 6.13. The number of aryl methyl sites for hydroxylation is 1. The third kappa shape index (κ3) is 5.12. The Kier molecular flexibility index (Phi) is 6.33. The van der Waals surface area contributed by atoms with Gasteiger partial charge in [0.15, 0.2) is 5.78 Å². The fourth-order valence-electron chi connectivity index (χ4n) is 2.66. The molecule has 0 atom stereocenters. The number of unbranched alkanes of at least 4 members (excludes halogenated alkanes) is 1. The lowest BCUT2D eigenvalue weighted by Crippen LogP contribution is -2.50. The van der Waals surface area contributed by atoms with Crippen molar-refractivity contribution in [3.63, 3.8) is 0 Å². The van der Waals surface area contributed by atoms with Gasteiger partial charge in [0.2, 0.25) is 10.0 Å². The maximum absolute atomic E-state index is 12.3. The molecule has 2 rings (SSSR count). The highest BCUT2D eigenvalue weighted by Crippen LogP contribution is 2.11. The highest BCUT2D eigenvalue weighted by atomic mass is 32.2. The van der Waals surface area contributed by atoms with Crippen molar-refractivity contribution in [1.82, 2.24) is 9.21 Å². The Labute approximate surface area is 139 Å². The normalized spacial score (nSPS) is 17.3. The first kappa shape index (κ1) is 18.1. The van der Waals surface area contributed by atoms with E-state index < -0.39 is 10.0 Å². The van der Waals surface area contributed by atoms with Crippen LogP contribution in [-0.2, 0) is 10.0 Å². The van der Waals surface area contributed by atoms with E-state index >= 15 is 0 Å². The average molecular weight is 338 g/mol. The SMILES string of the molecule is CCCCS(=O)(=O)N1CCN(CC(=O)c2ccc(C)cc2)CC1. The van der Waals surface area contributed by atoms with Gasteiger partial charge in [-0.2, -0.15) is 4.31 Å². The molecule has 0 aromatic heterocycles. The Hall–Kier alpha value is -1.24. The van der Waals surface area contributed by atoms with Gasteiger partial charge in [0.25, 0.3) is 0 Å². The minimum Gasteiger partial charge on any atom is -0.293 e. The topological polar surface area (TPSA) is 57.7 Å². The van der Waals surface area contributed by atoms with Crippen LogP contribution in [0.3, 0.4) is 0 Å². The summed E-state index contributed by atoms with van der Waals surface area (Å²) < 4.78 is 25.9. The molecule has 1 saturated heterocycles. The van der Waals surface area contributed by atoms with E-state index in [1.165, 1.54) is 0 Å². The van der Waals surface area contributed by atoms with Crippen LogP contribution in [0.2, 0.25) is 0 Å². The Morgan fingerprint density at radius 2 is 1.70 bits per heavy atom. The summed E-state index contributed by atoms with van der Waals surface area (Å²) in [6.07, 6.45) is 1.58. The van der Waals surface area contributed by atoms with Crippen LogP contribution in [0.5, 0.6) is 0 Å². The minimum absolute atomic E-state index is 0.0901. The molecule has 6 heteroatoms. The van der Waals surface area contributed by atoms with Crippen molar-refractivity contribution in [3.8, 4) is 0 Å². The van der Waals surface area contributed by atoms with Gasteiger partial charge in [-0.05, 0) is 13.3 Å². The first-order valence-corrected chi connectivity index (χ1v) is 9.83. The number of sulfonamides is 1. The first-order chi connectivity index (χ1) is 10.9. The molecule has 128 valence electrons. The highest BCUT2D eigenvalue weighted by molar-refractivity contribution is 7.89. The standard InChI is InChI=1S/C17H26N2O3S/c1-3-4-13-23(21,22)19-11-9-18(10-12-19)14-17(20)16-7-5-15(2)6-8-16/h5-8H,3-4,9-14H2,1-2H3. The Bertz CT molecular complexity index is 618. The maximum atomic E-state index is 12.3. The number of hydrogen-bond acceptors (Lipinski definition) is 4. The lowest BCUT2D eigenvalue weighted by Gasteiger charge is -2.33. The number of nitrogens with zero attached hydrogens (tertiary/aromatic N) is 2. The van der Waals surface area contributed by atoms with Gasteiger partial charge in [0.1, 0.15) is 0 Å². The molecule has 1 aliphatic rings. The number of Topliss-reactive ketones (excluding diaryl/α,β-unsaturated/α-hetero) is 1.